The molecular formula is C20H16N4O6S. The number of nitro benzene ring substituents is 1. The van der Waals surface area contributed by atoms with E-state index in [1.54, 1.807) is 24.3 Å². The summed E-state index contributed by atoms with van der Waals surface area (Å²) < 4.78 is 10.3. The predicted molar refractivity (Wildman–Crippen MR) is 116 cm³/mol. The fraction of sp³-hybridized carbons (Fsp3) is 0.0500. The molecule has 10 nitrogen and oxygen atoms in total. The first-order valence-electron chi connectivity index (χ1n) is 8.77. The van der Waals surface area contributed by atoms with E-state index in [9.17, 15) is 19.7 Å². The summed E-state index contributed by atoms with van der Waals surface area (Å²) in [5.41, 5.74) is 0.399. The van der Waals surface area contributed by atoms with Crippen LogP contribution in [0.25, 0.3) is 0 Å². The molecular weight excluding hydrogens is 424 g/mol. The van der Waals surface area contributed by atoms with Crippen LogP contribution in [0.2, 0.25) is 0 Å². The van der Waals surface area contributed by atoms with Crippen molar-refractivity contribution in [3.8, 4) is 5.75 Å². The molecule has 2 amide bonds. The molecule has 3 rings (SSSR count). The number of amides is 2. The van der Waals surface area contributed by atoms with Crippen molar-refractivity contribution < 1.29 is 23.7 Å². The van der Waals surface area contributed by atoms with Crippen molar-refractivity contribution in [1.29, 1.82) is 0 Å². The van der Waals surface area contributed by atoms with E-state index in [0.29, 0.717) is 17.1 Å². The highest BCUT2D eigenvalue weighted by atomic mass is 32.1. The van der Waals surface area contributed by atoms with Crippen molar-refractivity contribution in [3.63, 3.8) is 0 Å². The van der Waals surface area contributed by atoms with Crippen LogP contribution >= 0.6 is 12.2 Å². The highest BCUT2D eigenvalue weighted by Crippen LogP contribution is 2.28. The van der Waals surface area contributed by atoms with Crippen molar-refractivity contribution in [3.05, 3.63) is 82.3 Å². The summed E-state index contributed by atoms with van der Waals surface area (Å²) in [5.74, 6) is -0.698. The number of furan rings is 1. The zero-order chi connectivity index (χ0) is 22.4. The topological polar surface area (TPSA) is 136 Å². The third-order valence-corrected chi connectivity index (χ3v) is 4.23. The van der Waals surface area contributed by atoms with E-state index in [1.807, 2.05) is 0 Å². The maximum absolute atomic E-state index is 12.4. The smallest absolute Gasteiger partial charge is 0.291 e. The number of thiocarbonyl (C=S) groups is 1. The number of rotatable bonds is 6. The number of benzene rings is 2. The molecule has 2 aromatic carbocycles. The Labute approximate surface area is 181 Å². The van der Waals surface area contributed by atoms with Crippen LogP contribution in [0.15, 0.2) is 65.3 Å². The lowest BCUT2D eigenvalue weighted by atomic mass is 10.1. The van der Waals surface area contributed by atoms with Crippen LogP contribution in [0.5, 0.6) is 5.75 Å². The predicted octanol–water partition coefficient (Wildman–Crippen LogP) is 3.58. The molecule has 0 unspecified atom stereocenters. The van der Waals surface area contributed by atoms with Gasteiger partial charge >= 0.3 is 0 Å². The van der Waals surface area contributed by atoms with Crippen LogP contribution in [0.4, 0.5) is 17.1 Å². The number of hydrogen-bond donors (Lipinski definition) is 3. The number of nitrogens with zero attached hydrogens (tertiary/aromatic N) is 1. The van der Waals surface area contributed by atoms with Crippen molar-refractivity contribution in [2.24, 2.45) is 0 Å². The minimum atomic E-state index is -0.723. The zero-order valence-electron chi connectivity index (χ0n) is 16.1. The normalized spacial score (nSPS) is 10.1. The Morgan fingerprint density at radius 1 is 1.06 bits per heavy atom. The van der Waals surface area contributed by atoms with Gasteiger partial charge in [0.15, 0.2) is 10.9 Å². The summed E-state index contributed by atoms with van der Waals surface area (Å²) in [5, 5.41) is 18.9. The average Bonchev–Trinajstić information content (AvgIpc) is 3.29. The first kappa shape index (κ1) is 21.5. The lowest BCUT2D eigenvalue weighted by Crippen LogP contribution is -2.34. The number of nitrogens with one attached hydrogen (secondary N) is 3. The first-order valence-corrected chi connectivity index (χ1v) is 9.18. The molecule has 0 saturated heterocycles. The number of carbonyl (C=O) groups excluding carboxylic acids is 2. The standard InChI is InChI=1S/C20H16N4O6S/c1-29-17-11-12(8-9-14(17)22-19(26)16-7-4-10-30-16)21-20(31)23-18(25)13-5-2-3-6-15(13)24(27)28/h2-11H,1H3,(H,22,26)(H2,21,23,25,31). The van der Waals surface area contributed by atoms with E-state index < -0.39 is 16.7 Å². The van der Waals surface area contributed by atoms with Gasteiger partial charge in [-0.1, -0.05) is 12.1 Å². The molecule has 158 valence electrons. The van der Waals surface area contributed by atoms with E-state index in [2.05, 4.69) is 16.0 Å². The molecule has 0 spiro atoms. The largest absolute Gasteiger partial charge is 0.494 e. The molecule has 31 heavy (non-hydrogen) atoms. The molecule has 0 bridgehead atoms. The molecule has 0 atom stereocenters. The van der Waals surface area contributed by atoms with Gasteiger partial charge in [-0.3, -0.25) is 25.0 Å². The fourth-order valence-electron chi connectivity index (χ4n) is 2.62. The van der Waals surface area contributed by atoms with Crippen molar-refractivity contribution >= 4 is 46.2 Å². The third kappa shape index (κ3) is 5.22. The fourth-order valence-corrected chi connectivity index (χ4v) is 2.83. The molecule has 3 N–H and O–H groups in total. The second kappa shape index (κ2) is 9.50. The number of methoxy groups -OCH3 is 1. The molecule has 0 aliphatic heterocycles. The Balaban J connectivity index is 1.68. The summed E-state index contributed by atoms with van der Waals surface area (Å²) in [6, 6.07) is 13.4. The molecule has 0 aliphatic rings. The van der Waals surface area contributed by atoms with Gasteiger partial charge in [0.1, 0.15) is 11.3 Å². The highest BCUT2D eigenvalue weighted by molar-refractivity contribution is 7.80. The molecule has 0 aliphatic carbocycles. The number of para-hydroxylation sites is 1. The lowest BCUT2D eigenvalue weighted by Gasteiger charge is -2.13. The van der Waals surface area contributed by atoms with Gasteiger partial charge in [0.05, 0.1) is 24.0 Å². The van der Waals surface area contributed by atoms with Crippen LogP contribution in [0.1, 0.15) is 20.9 Å². The van der Waals surface area contributed by atoms with Crippen molar-refractivity contribution in [2.75, 3.05) is 17.7 Å². The van der Waals surface area contributed by atoms with E-state index in [-0.39, 0.29) is 22.1 Å². The van der Waals surface area contributed by atoms with Crippen molar-refractivity contribution in [2.45, 2.75) is 0 Å². The maximum atomic E-state index is 12.4. The van der Waals surface area contributed by atoms with Gasteiger partial charge in [-0.2, -0.15) is 0 Å². The number of ether oxygens (including phenoxy) is 1. The van der Waals surface area contributed by atoms with E-state index >= 15 is 0 Å². The van der Waals surface area contributed by atoms with E-state index in [4.69, 9.17) is 21.4 Å². The second-order valence-electron chi connectivity index (χ2n) is 6.03. The van der Waals surface area contributed by atoms with Crippen molar-refractivity contribution in [1.82, 2.24) is 5.32 Å². The van der Waals surface area contributed by atoms with Gasteiger partial charge in [0, 0.05) is 17.8 Å². The number of anilines is 2. The maximum Gasteiger partial charge on any atom is 0.291 e. The number of carbonyl (C=O) groups is 2. The van der Waals surface area contributed by atoms with E-state index in [1.165, 1.54) is 43.7 Å². The van der Waals surface area contributed by atoms with E-state index in [0.717, 1.165) is 0 Å². The molecule has 3 aromatic rings. The van der Waals surface area contributed by atoms with Crippen LogP contribution < -0.4 is 20.7 Å². The monoisotopic (exact) mass is 440 g/mol. The Morgan fingerprint density at radius 3 is 2.52 bits per heavy atom. The average molecular weight is 440 g/mol. The van der Waals surface area contributed by atoms with Gasteiger partial charge in [-0.05, 0) is 42.5 Å². The third-order valence-electron chi connectivity index (χ3n) is 4.02. The van der Waals surface area contributed by atoms with Crippen LogP contribution in [0.3, 0.4) is 0 Å². The van der Waals surface area contributed by atoms with Crippen LogP contribution in [-0.2, 0) is 0 Å². The minimum absolute atomic E-state index is 0.0717. The summed E-state index contributed by atoms with van der Waals surface area (Å²) >= 11 is 5.12. The van der Waals surface area contributed by atoms with Gasteiger partial charge in [-0.25, -0.2) is 0 Å². The van der Waals surface area contributed by atoms with Gasteiger partial charge in [0.25, 0.3) is 17.5 Å². The molecule has 0 saturated carbocycles. The minimum Gasteiger partial charge on any atom is -0.494 e. The summed E-state index contributed by atoms with van der Waals surface area (Å²) in [4.78, 5) is 34.9. The van der Waals surface area contributed by atoms with Crippen LogP contribution in [-0.4, -0.2) is 29.0 Å². The molecule has 0 radical (unpaired) electrons. The number of hydrogen-bond acceptors (Lipinski definition) is 7. The molecule has 11 heteroatoms. The highest BCUT2D eigenvalue weighted by Gasteiger charge is 2.20. The van der Waals surface area contributed by atoms with Gasteiger partial charge in [-0.15, -0.1) is 0 Å². The second-order valence-corrected chi connectivity index (χ2v) is 6.44. The Kier molecular flexibility index (Phi) is 6.58. The van der Waals surface area contributed by atoms with Gasteiger partial charge < -0.3 is 19.8 Å². The lowest BCUT2D eigenvalue weighted by molar-refractivity contribution is -0.385. The first-order chi connectivity index (χ1) is 14.9. The Bertz CT molecular complexity index is 1150. The summed E-state index contributed by atoms with van der Waals surface area (Å²) in [6.07, 6.45) is 1.39. The molecule has 1 aromatic heterocycles. The summed E-state index contributed by atoms with van der Waals surface area (Å²) in [6.45, 7) is 0. The Hall–Kier alpha value is -4.25. The van der Waals surface area contributed by atoms with Gasteiger partial charge in [0.2, 0.25) is 0 Å². The Morgan fingerprint density at radius 2 is 1.84 bits per heavy atom. The number of nitro groups is 1. The quantitative estimate of drug-likeness (QED) is 0.301. The summed E-state index contributed by atoms with van der Waals surface area (Å²) in [7, 11) is 1.43. The molecule has 1 heterocycles. The van der Waals surface area contributed by atoms with Crippen LogP contribution in [0, 0.1) is 10.1 Å². The molecule has 0 fully saturated rings. The SMILES string of the molecule is COc1cc(NC(=S)NC(=O)c2ccccc2[N+](=O)[O-])ccc1NC(=O)c1ccco1. The zero-order valence-corrected chi connectivity index (χ0v) is 16.9.